The average molecular weight is 347 g/mol. The minimum absolute atomic E-state index is 0.0753. The molecule has 3 rings (SSSR count). The van der Waals surface area contributed by atoms with E-state index in [1.807, 2.05) is 4.68 Å². The van der Waals surface area contributed by atoms with Gasteiger partial charge in [0.1, 0.15) is 0 Å². The van der Waals surface area contributed by atoms with E-state index in [9.17, 15) is 4.79 Å². The quantitative estimate of drug-likeness (QED) is 0.607. The summed E-state index contributed by atoms with van der Waals surface area (Å²) in [4.78, 5) is 19.8. The number of anilines is 1. The first-order valence-corrected chi connectivity index (χ1v) is 9.29. The van der Waals surface area contributed by atoms with Gasteiger partial charge >= 0.3 is 0 Å². The maximum Gasteiger partial charge on any atom is 0.229 e. The number of nitrogens with zero attached hydrogens (tertiary/aromatic N) is 6. The van der Waals surface area contributed by atoms with Crippen LogP contribution in [0.5, 0.6) is 0 Å². The molecule has 9 heteroatoms. The van der Waals surface area contributed by atoms with Crippen LogP contribution < -0.4 is 5.32 Å². The fourth-order valence-electron chi connectivity index (χ4n) is 2.78. The molecule has 0 atom stereocenters. The number of hydrogen-bond acceptors (Lipinski definition) is 7. The zero-order valence-electron chi connectivity index (χ0n) is 13.5. The number of amides is 1. The molecule has 1 aliphatic carbocycles. The summed E-state index contributed by atoms with van der Waals surface area (Å²) in [5.41, 5.74) is 0. The van der Waals surface area contributed by atoms with Crippen molar-refractivity contribution in [2.45, 2.75) is 56.1 Å². The lowest BCUT2D eigenvalue weighted by Crippen LogP contribution is -2.15. The topological polar surface area (TPSA) is 98.5 Å². The summed E-state index contributed by atoms with van der Waals surface area (Å²) in [7, 11) is 0. The van der Waals surface area contributed by atoms with Crippen LogP contribution in [0.25, 0.3) is 0 Å². The van der Waals surface area contributed by atoms with Crippen molar-refractivity contribution in [1.82, 2.24) is 30.2 Å². The Morgan fingerprint density at radius 3 is 2.83 bits per heavy atom. The third-order valence-corrected chi connectivity index (χ3v) is 5.00. The van der Waals surface area contributed by atoms with Crippen LogP contribution in [-0.2, 0) is 4.79 Å². The molecule has 1 saturated carbocycles. The number of aromatic nitrogens is 6. The van der Waals surface area contributed by atoms with Crippen LogP contribution in [-0.4, -0.2) is 41.8 Å². The third-order valence-electron chi connectivity index (χ3n) is 3.98. The minimum Gasteiger partial charge on any atom is -0.295 e. The maximum absolute atomic E-state index is 11.8. The van der Waals surface area contributed by atoms with Gasteiger partial charge in [0.15, 0.2) is 0 Å². The first-order valence-electron chi connectivity index (χ1n) is 8.30. The van der Waals surface area contributed by atoms with Crippen LogP contribution in [0.4, 0.5) is 5.95 Å². The van der Waals surface area contributed by atoms with Crippen LogP contribution in [0.2, 0.25) is 0 Å². The van der Waals surface area contributed by atoms with E-state index in [2.05, 4.69) is 30.8 Å². The lowest BCUT2D eigenvalue weighted by Gasteiger charge is -2.21. The Morgan fingerprint density at radius 1 is 1.25 bits per heavy atom. The number of carbonyl (C=O) groups excluding carboxylic acids is 1. The maximum atomic E-state index is 11.8. The predicted molar refractivity (Wildman–Crippen MR) is 90.6 cm³/mol. The van der Waals surface area contributed by atoms with Crippen molar-refractivity contribution >= 4 is 23.6 Å². The molecule has 1 aliphatic rings. The molecule has 2 aromatic rings. The van der Waals surface area contributed by atoms with Gasteiger partial charge in [-0.15, -0.1) is 5.10 Å². The summed E-state index contributed by atoms with van der Waals surface area (Å²) in [6.45, 7) is 0. The molecule has 8 nitrogen and oxygen atoms in total. The monoisotopic (exact) mass is 347 g/mol. The van der Waals surface area contributed by atoms with E-state index in [0.29, 0.717) is 18.4 Å². The largest absolute Gasteiger partial charge is 0.295 e. The molecule has 1 amide bonds. The summed E-state index contributed by atoms with van der Waals surface area (Å²) in [6.07, 6.45) is 10.5. The molecule has 0 aliphatic heterocycles. The summed E-state index contributed by atoms with van der Waals surface area (Å²) >= 11 is 1.61. The van der Waals surface area contributed by atoms with Gasteiger partial charge in [0.2, 0.25) is 17.0 Å². The van der Waals surface area contributed by atoms with Gasteiger partial charge in [0.05, 0.1) is 6.04 Å². The second-order valence-electron chi connectivity index (χ2n) is 5.77. The Hall–Kier alpha value is -2.03. The zero-order valence-corrected chi connectivity index (χ0v) is 14.3. The van der Waals surface area contributed by atoms with Crippen molar-refractivity contribution in [1.29, 1.82) is 0 Å². The molecule has 2 aromatic heterocycles. The molecule has 0 bridgehead atoms. The Balaban J connectivity index is 1.40. The zero-order chi connectivity index (χ0) is 16.6. The molecule has 1 N–H and O–H groups in total. The normalized spacial score (nSPS) is 15.3. The number of carbonyl (C=O) groups is 1. The van der Waals surface area contributed by atoms with Gasteiger partial charge in [-0.1, -0.05) is 31.0 Å². The summed E-state index contributed by atoms with van der Waals surface area (Å²) < 4.78 is 1.96. The predicted octanol–water partition coefficient (Wildman–Crippen LogP) is 2.48. The second-order valence-corrected chi connectivity index (χ2v) is 6.83. The van der Waals surface area contributed by atoms with Crippen LogP contribution in [0.1, 0.15) is 51.0 Å². The fourth-order valence-corrected chi connectivity index (χ4v) is 3.67. The van der Waals surface area contributed by atoms with Gasteiger partial charge in [-0.25, -0.2) is 14.6 Å². The van der Waals surface area contributed by atoms with Crippen LogP contribution in [0.15, 0.2) is 23.6 Å². The van der Waals surface area contributed by atoms with Crippen molar-refractivity contribution in [2.24, 2.45) is 0 Å². The molecule has 0 radical (unpaired) electrons. The molecule has 2 heterocycles. The first-order chi connectivity index (χ1) is 11.8. The highest BCUT2D eigenvalue weighted by atomic mass is 32.2. The smallest absolute Gasteiger partial charge is 0.229 e. The van der Waals surface area contributed by atoms with E-state index >= 15 is 0 Å². The number of thioether (sulfide) groups is 1. The highest BCUT2D eigenvalue weighted by molar-refractivity contribution is 7.99. The molecule has 0 saturated heterocycles. The van der Waals surface area contributed by atoms with Crippen LogP contribution in [0.3, 0.4) is 0 Å². The molecular formula is C15H21N7OS. The Labute approximate surface area is 144 Å². The standard InChI is InChI=1S/C15H21N7OS/c23-13(18-14-16-9-5-10-17-14)8-4-11-24-15-19-20-21-22(15)12-6-2-1-3-7-12/h5,9-10,12H,1-4,6-8,11H2,(H,16,17,18,23). The first kappa shape index (κ1) is 16.8. The highest BCUT2D eigenvalue weighted by Gasteiger charge is 2.20. The Kier molecular flexibility index (Phi) is 6.11. The van der Waals surface area contributed by atoms with Crippen molar-refractivity contribution < 1.29 is 4.79 Å². The highest BCUT2D eigenvalue weighted by Crippen LogP contribution is 2.30. The van der Waals surface area contributed by atoms with Crippen molar-refractivity contribution in [3.8, 4) is 0 Å². The van der Waals surface area contributed by atoms with E-state index in [1.54, 1.807) is 30.2 Å². The van der Waals surface area contributed by atoms with Crippen molar-refractivity contribution in [3.05, 3.63) is 18.5 Å². The van der Waals surface area contributed by atoms with Gasteiger partial charge in [0.25, 0.3) is 0 Å². The molecule has 0 spiro atoms. The average Bonchev–Trinajstić information content (AvgIpc) is 3.09. The number of nitrogens with one attached hydrogen (secondary N) is 1. The van der Waals surface area contributed by atoms with Gasteiger partial charge in [-0.05, 0) is 35.8 Å². The lowest BCUT2D eigenvalue weighted by molar-refractivity contribution is -0.116. The van der Waals surface area contributed by atoms with E-state index in [0.717, 1.165) is 30.2 Å². The Morgan fingerprint density at radius 2 is 2.04 bits per heavy atom. The van der Waals surface area contributed by atoms with Gasteiger partial charge in [-0.2, -0.15) is 0 Å². The summed E-state index contributed by atoms with van der Waals surface area (Å²) in [6, 6.07) is 2.14. The summed E-state index contributed by atoms with van der Waals surface area (Å²) in [5, 5.41) is 15.6. The second kappa shape index (κ2) is 8.72. The molecule has 128 valence electrons. The van der Waals surface area contributed by atoms with E-state index < -0.39 is 0 Å². The van der Waals surface area contributed by atoms with Crippen molar-refractivity contribution in [2.75, 3.05) is 11.1 Å². The molecule has 1 fully saturated rings. The molecular weight excluding hydrogens is 326 g/mol. The van der Waals surface area contributed by atoms with Crippen LogP contribution in [0, 0.1) is 0 Å². The Bertz CT molecular complexity index is 642. The molecule has 0 unspecified atom stereocenters. The minimum atomic E-state index is -0.0753. The molecule has 0 aromatic carbocycles. The van der Waals surface area contributed by atoms with E-state index in [-0.39, 0.29) is 5.91 Å². The van der Waals surface area contributed by atoms with Gasteiger partial charge in [-0.3, -0.25) is 10.1 Å². The number of tetrazole rings is 1. The third kappa shape index (κ3) is 4.73. The molecule has 24 heavy (non-hydrogen) atoms. The SMILES string of the molecule is O=C(CCCSc1nnnn1C1CCCCC1)Nc1ncccn1. The van der Waals surface area contributed by atoms with E-state index in [4.69, 9.17) is 0 Å². The lowest BCUT2D eigenvalue weighted by atomic mass is 9.96. The van der Waals surface area contributed by atoms with Crippen LogP contribution >= 0.6 is 11.8 Å². The fraction of sp³-hybridized carbons (Fsp3) is 0.600. The number of hydrogen-bond donors (Lipinski definition) is 1. The van der Waals surface area contributed by atoms with E-state index in [1.165, 1.54) is 19.3 Å². The van der Waals surface area contributed by atoms with Gasteiger partial charge in [0, 0.05) is 24.6 Å². The van der Waals surface area contributed by atoms with Gasteiger partial charge < -0.3 is 0 Å². The summed E-state index contributed by atoms with van der Waals surface area (Å²) in [5.74, 6) is 1.07. The number of rotatable bonds is 7. The van der Waals surface area contributed by atoms with Crippen molar-refractivity contribution in [3.63, 3.8) is 0 Å².